The van der Waals surface area contributed by atoms with Crippen molar-refractivity contribution in [1.29, 1.82) is 0 Å². The first-order valence-electron chi connectivity index (χ1n) is 5.30. The Balaban J connectivity index is 1.87. The Kier molecular flexibility index (Phi) is 2.83. The number of carbonyl (C=O) groups is 1. The number of piperidine rings is 1. The molecule has 3 heteroatoms. The van der Waals surface area contributed by atoms with Crippen LogP contribution in [0.25, 0.3) is 0 Å². The molecule has 2 heterocycles. The second-order valence-electron chi connectivity index (χ2n) is 3.98. The van der Waals surface area contributed by atoms with E-state index in [4.69, 9.17) is 0 Å². The number of rotatable bonds is 1. The zero-order chi connectivity index (χ0) is 9.10. The highest BCUT2D eigenvalue weighted by Gasteiger charge is 2.27. The fraction of sp³-hybridized carbons (Fsp3) is 0.900. The van der Waals surface area contributed by atoms with Crippen LogP contribution in [0.5, 0.6) is 0 Å². The molecule has 0 spiro atoms. The second kappa shape index (κ2) is 4.09. The van der Waals surface area contributed by atoms with Gasteiger partial charge in [-0.3, -0.25) is 4.79 Å². The molecule has 0 bridgehead atoms. The molecular formula is C10H17N2O. The van der Waals surface area contributed by atoms with E-state index in [2.05, 4.69) is 5.32 Å². The Bertz CT molecular complexity index is 181. The van der Waals surface area contributed by atoms with Gasteiger partial charge in [0.15, 0.2) is 0 Å². The Morgan fingerprint density at radius 3 is 2.38 bits per heavy atom. The SMILES string of the molecule is O=C(C1CC[N]CC1)N1CCCC1. The van der Waals surface area contributed by atoms with Crippen molar-refractivity contribution in [2.24, 2.45) is 5.92 Å². The first-order valence-corrected chi connectivity index (χ1v) is 5.30. The monoisotopic (exact) mass is 181 g/mol. The van der Waals surface area contributed by atoms with Gasteiger partial charge in [-0.25, -0.2) is 5.32 Å². The molecule has 0 aromatic carbocycles. The number of likely N-dealkylation sites (tertiary alicyclic amines) is 1. The van der Waals surface area contributed by atoms with Gasteiger partial charge in [-0.2, -0.15) is 0 Å². The first-order chi connectivity index (χ1) is 6.38. The normalized spacial score (nSPS) is 25.1. The summed E-state index contributed by atoms with van der Waals surface area (Å²) in [5.41, 5.74) is 0. The van der Waals surface area contributed by atoms with Crippen LogP contribution in [0.15, 0.2) is 0 Å². The molecule has 0 aliphatic carbocycles. The average Bonchev–Trinajstić information content (AvgIpc) is 2.71. The van der Waals surface area contributed by atoms with Gasteiger partial charge in [-0.05, 0) is 25.7 Å². The van der Waals surface area contributed by atoms with Crippen molar-refractivity contribution in [3.8, 4) is 0 Å². The summed E-state index contributed by atoms with van der Waals surface area (Å²) in [6.45, 7) is 3.77. The average molecular weight is 181 g/mol. The molecule has 0 atom stereocenters. The van der Waals surface area contributed by atoms with Gasteiger partial charge in [0.05, 0.1) is 0 Å². The predicted molar refractivity (Wildman–Crippen MR) is 50.4 cm³/mol. The van der Waals surface area contributed by atoms with E-state index in [1.54, 1.807) is 0 Å². The Morgan fingerprint density at radius 2 is 1.77 bits per heavy atom. The lowest BCUT2D eigenvalue weighted by Crippen LogP contribution is -2.38. The standard InChI is InChI=1S/C10H17N2O/c13-10(12-7-1-2-8-12)9-3-5-11-6-4-9/h9H,1-8H2. The van der Waals surface area contributed by atoms with Crippen molar-refractivity contribution in [3.05, 3.63) is 0 Å². The molecule has 0 aromatic heterocycles. The highest BCUT2D eigenvalue weighted by molar-refractivity contribution is 5.79. The summed E-state index contributed by atoms with van der Waals surface area (Å²) in [6.07, 6.45) is 4.36. The molecule has 73 valence electrons. The minimum Gasteiger partial charge on any atom is -0.342 e. The number of amides is 1. The molecule has 0 aromatic rings. The van der Waals surface area contributed by atoms with Gasteiger partial charge >= 0.3 is 0 Å². The molecule has 2 fully saturated rings. The van der Waals surface area contributed by atoms with E-state index < -0.39 is 0 Å². The molecule has 2 aliphatic rings. The van der Waals surface area contributed by atoms with Crippen molar-refractivity contribution in [3.63, 3.8) is 0 Å². The van der Waals surface area contributed by atoms with Crippen LogP contribution in [0.1, 0.15) is 25.7 Å². The van der Waals surface area contributed by atoms with Crippen LogP contribution >= 0.6 is 0 Å². The molecule has 1 radical (unpaired) electrons. The summed E-state index contributed by atoms with van der Waals surface area (Å²) in [5, 5.41) is 4.27. The van der Waals surface area contributed by atoms with Crippen LogP contribution in [-0.4, -0.2) is 37.0 Å². The molecule has 0 saturated carbocycles. The molecule has 0 unspecified atom stereocenters. The largest absolute Gasteiger partial charge is 0.342 e. The maximum absolute atomic E-state index is 11.9. The molecule has 13 heavy (non-hydrogen) atoms. The summed E-state index contributed by atoms with van der Waals surface area (Å²) in [7, 11) is 0. The lowest BCUT2D eigenvalue weighted by Gasteiger charge is -2.25. The van der Waals surface area contributed by atoms with Gasteiger partial charge in [-0.1, -0.05) is 0 Å². The van der Waals surface area contributed by atoms with Crippen LogP contribution in [-0.2, 0) is 4.79 Å². The third kappa shape index (κ3) is 2.02. The fourth-order valence-electron chi connectivity index (χ4n) is 2.19. The third-order valence-electron chi connectivity index (χ3n) is 3.04. The first kappa shape index (κ1) is 9.00. The maximum atomic E-state index is 11.9. The molecule has 0 N–H and O–H groups in total. The highest BCUT2D eigenvalue weighted by atomic mass is 16.2. The second-order valence-corrected chi connectivity index (χ2v) is 3.98. The summed E-state index contributed by atoms with van der Waals surface area (Å²) < 4.78 is 0. The van der Waals surface area contributed by atoms with E-state index in [-0.39, 0.29) is 5.92 Å². The molecular weight excluding hydrogens is 164 g/mol. The Labute approximate surface area is 79.5 Å². The topological polar surface area (TPSA) is 34.4 Å². The van der Waals surface area contributed by atoms with E-state index in [9.17, 15) is 4.79 Å². The number of nitrogens with zero attached hydrogens (tertiary/aromatic N) is 2. The fourth-order valence-corrected chi connectivity index (χ4v) is 2.19. The zero-order valence-corrected chi connectivity index (χ0v) is 8.04. The van der Waals surface area contributed by atoms with E-state index in [0.29, 0.717) is 5.91 Å². The van der Waals surface area contributed by atoms with E-state index in [1.165, 1.54) is 12.8 Å². The molecule has 2 saturated heterocycles. The molecule has 3 nitrogen and oxygen atoms in total. The third-order valence-corrected chi connectivity index (χ3v) is 3.04. The predicted octanol–water partition coefficient (Wildman–Crippen LogP) is 0.623. The van der Waals surface area contributed by atoms with Crippen molar-refractivity contribution < 1.29 is 4.79 Å². The van der Waals surface area contributed by atoms with Gasteiger partial charge in [0.1, 0.15) is 0 Å². The van der Waals surface area contributed by atoms with E-state index in [0.717, 1.165) is 39.0 Å². The van der Waals surface area contributed by atoms with E-state index >= 15 is 0 Å². The van der Waals surface area contributed by atoms with Crippen molar-refractivity contribution in [2.45, 2.75) is 25.7 Å². The maximum Gasteiger partial charge on any atom is 0.225 e. The lowest BCUT2D eigenvalue weighted by molar-refractivity contribution is -0.135. The van der Waals surface area contributed by atoms with Crippen LogP contribution in [0, 0.1) is 5.92 Å². The molecule has 2 rings (SSSR count). The lowest BCUT2D eigenvalue weighted by atomic mass is 9.97. The quantitative estimate of drug-likeness (QED) is 0.584. The number of hydrogen-bond donors (Lipinski definition) is 0. The van der Waals surface area contributed by atoms with Gasteiger partial charge in [0.25, 0.3) is 0 Å². The molecule has 2 aliphatic heterocycles. The summed E-state index contributed by atoms with van der Waals surface area (Å²) in [5.74, 6) is 0.683. The van der Waals surface area contributed by atoms with Gasteiger partial charge < -0.3 is 4.90 Å². The van der Waals surface area contributed by atoms with Gasteiger partial charge in [-0.15, -0.1) is 0 Å². The van der Waals surface area contributed by atoms with Crippen LogP contribution in [0.3, 0.4) is 0 Å². The summed E-state index contributed by atoms with van der Waals surface area (Å²) >= 11 is 0. The number of hydrogen-bond acceptors (Lipinski definition) is 1. The highest BCUT2D eigenvalue weighted by Crippen LogP contribution is 2.18. The van der Waals surface area contributed by atoms with Crippen LogP contribution in [0.2, 0.25) is 0 Å². The van der Waals surface area contributed by atoms with Crippen molar-refractivity contribution in [1.82, 2.24) is 10.2 Å². The summed E-state index contributed by atoms with van der Waals surface area (Å²) in [4.78, 5) is 13.9. The summed E-state index contributed by atoms with van der Waals surface area (Å²) in [6, 6.07) is 0. The minimum absolute atomic E-state index is 0.288. The van der Waals surface area contributed by atoms with E-state index in [1.807, 2.05) is 4.90 Å². The van der Waals surface area contributed by atoms with Gasteiger partial charge in [0.2, 0.25) is 5.91 Å². The Hall–Kier alpha value is -0.570. The Morgan fingerprint density at radius 1 is 1.15 bits per heavy atom. The van der Waals surface area contributed by atoms with Crippen LogP contribution < -0.4 is 5.32 Å². The van der Waals surface area contributed by atoms with Crippen molar-refractivity contribution in [2.75, 3.05) is 26.2 Å². The zero-order valence-electron chi connectivity index (χ0n) is 8.04. The van der Waals surface area contributed by atoms with Crippen molar-refractivity contribution >= 4 is 5.91 Å². The number of carbonyl (C=O) groups excluding carboxylic acids is 1. The van der Waals surface area contributed by atoms with Gasteiger partial charge in [0, 0.05) is 32.1 Å². The molecule has 1 amide bonds. The van der Waals surface area contributed by atoms with Crippen LogP contribution in [0.4, 0.5) is 0 Å². The minimum atomic E-state index is 0.288. The smallest absolute Gasteiger partial charge is 0.225 e.